The van der Waals surface area contributed by atoms with Crippen LogP contribution in [0.15, 0.2) is 23.3 Å². The maximum Gasteiger partial charge on any atom is 2.00 e. The third-order valence-corrected chi connectivity index (χ3v) is 15.2. The van der Waals surface area contributed by atoms with Crippen molar-refractivity contribution in [3.8, 4) is 0 Å². The molecule has 4 heteroatoms. The van der Waals surface area contributed by atoms with E-state index < -0.39 is 0 Å². The summed E-state index contributed by atoms with van der Waals surface area (Å²) < 4.78 is 0. The van der Waals surface area contributed by atoms with Crippen LogP contribution in [0.4, 0.5) is 0 Å². The molecule has 1 aliphatic heterocycles. The molecule has 0 bridgehead atoms. The van der Waals surface area contributed by atoms with Crippen LogP contribution < -0.4 is 11.1 Å². The normalized spacial score (nSPS) is 44.3. The summed E-state index contributed by atoms with van der Waals surface area (Å²) in [4.78, 5) is 2.53. The van der Waals surface area contributed by atoms with Crippen molar-refractivity contribution in [2.24, 2.45) is 45.1 Å². The van der Waals surface area contributed by atoms with Crippen LogP contribution >= 0.6 is 0 Å². The molecule has 6 rings (SSSR count). The van der Waals surface area contributed by atoms with Gasteiger partial charge in [0.15, 0.2) is 0 Å². The van der Waals surface area contributed by atoms with Crippen molar-refractivity contribution in [1.82, 2.24) is 10.2 Å². The Labute approximate surface area is 297 Å². The summed E-state index contributed by atoms with van der Waals surface area (Å²) in [5.74, 6) is 2.46. The van der Waals surface area contributed by atoms with Crippen molar-refractivity contribution in [1.29, 1.82) is 0 Å². The maximum absolute atomic E-state index is 5.94. The molecule has 4 saturated carbocycles. The van der Waals surface area contributed by atoms with Gasteiger partial charge in [0.05, 0.1) is 0 Å². The molecule has 0 aromatic rings. The van der Waals surface area contributed by atoms with Crippen LogP contribution in [0, 0.1) is 84.0 Å². The molecule has 0 spiro atoms. The molecule has 248 valence electrons. The van der Waals surface area contributed by atoms with Crippen molar-refractivity contribution in [3.63, 3.8) is 0 Å². The summed E-state index contributed by atoms with van der Waals surface area (Å²) >= 11 is 0. The minimum atomic E-state index is 0. The fourth-order valence-corrected chi connectivity index (χ4v) is 11.8. The van der Waals surface area contributed by atoms with E-state index in [4.69, 9.17) is 5.73 Å². The second-order valence-electron chi connectivity index (χ2n) is 17.2. The minimum Gasteiger partial charge on any atom is -0.453 e. The molecular formula is C40H69N3U. The molecule has 3 N–H and O–H groups in total. The zero-order chi connectivity index (χ0) is 31.2. The third-order valence-electron chi connectivity index (χ3n) is 15.2. The predicted molar refractivity (Wildman–Crippen MR) is 185 cm³/mol. The number of nitrogens with one attached hydrogen (secondary N) is 1. The molecule has 5 aliphatic carbocycles. The Balaban J connectivity index is 0.000000223. The zero-order valence-electron chi connectivity index (χ0n) is 30.1. The first-order chi connectivity index (χ1) is 20.3. The maximum atomic E-state index is 5.94. The van der Waals surface area contributed by atoms with Crippen LogP contribution in [-0.4, -0.2) is 35.6 Å². The van der Waals surface area contributed by atoms with Gasteiger partial charge in [0, 0.05) is 18.1 Å². The van der Waals surface area contributed by atoms with Gasteiger partial charge < -0.3 is 22.9 Å². The van der Waals surface area contributed by atoms with E-state index in [9.17, 15) is 0 Å². The number of fused-ring (bicyclic) bond motifs is 5. The van der Waals surface area contributed by atoms with E-state index in [2.05, 4.69) is 91.2 Å². The SMILES string of the molecule is C[CH-]N(CC1CCC(C(C)N)N1)C1CCC1.[CH2-]C/C=C(\C)[C@H]1CC[C@]2(C)[C@]1(C)CC[C@@H]1[C@@]3(C)CCC(C)C=C3CC[C@]12C.[U+2]. The number of hydrogen-bond donors (Lipinski definition) is 2. The van der Waals surface area contributed by atoms with Crippen LogP contribution in [0.1, 0.15) is 145 Å². The largest absolute Gasteiger partial charge is 2.00 e. The minimum absolute atomic E-state index is 0. The monoisotopic (exact) mass is 830 g/mol. The summed E-state index contributed by atoms with van der Waals surface area (Å²) in [5.41, 5.74) is 11.3. The van der Waals surface area contributed by atoms with Crippen LogP contribution in [0.3, 0.4) is 0 Å². The molecule has 0 radical (unpaired) electrons. The molecule has 10 atom stereocenters. The molecular weight excluding hydrogens is 760 g/mol. The van der Waals surface area contributed by atoms with Gasteiger partial charge in [-0.3, -0.25) is 6.54 Å². The summed E-state index contributed by atoms with van der Waals surface area (Å²) in [6, 6.07) is 2.28. The van der Waals surface area contributed by atoms with Gasteiger partial charge in [0.1, 0.15) is 0 Å². The van der Waals surface area contributed by atoms with Crippen LogP contribution in [0.25, 0.3) is 0 Å². The summed E-state index contributed by atoms with van der Waals surface area (Å²) in [7, 11) is 0. The number of rotatable bonds is 7. The van der Waals surface area contributed by atoms with Gasteiger partial charge in [-0.25, -0.2) is 0 Å². The van der Waals surface area contributed by atoms with Gasteiger partial charge in [0.2, 0.25) is 0 Å². The van der Waals surface area contributed by atoms with E-state index in [1.165, 1.54) is 90.0 Å². The second-order valence-corrected chi connectivity index (χ2v) is 17.2. The Morgan fingerprint density at radius 2 is 1.77 bits per heavy atom. The Morgan fingerprint density at radius 3 is 2.36 bits per heavy atom. The van der Waals surface area contributed by atoms with Crippen LogP contribution in [-0.2, 0) is 0 Å². The van der Waals surface area contributed by atoms with Gasteiger partial charge in [-0.2, -0.15) is 13.3 Å². The second kappa shape index (κ2) is 14.5. The first-order valence-corrected chi connectivity index (χ1v) is 18.6. The third kappa shape index (κ3) is 6.42. The van der Waals surface area contributed by atoms with Gasteiger partial charge >= 0.3 is 31.1 Å². The van der Waals surface area contributed by atoms with Gasteiger partial charge in [-0.1, -0.05) is 58.3 Å². The Morgan fingerprint density at radius 1 is 1.05 bits per heavy atom. The summed E-state index contributed by atoms with van der Waals surface area (Å²) in [6.45, 7) is 27.4. The van der Waals surface area contributed by atoms with Crippen molar-refractivity contribution in [2.75, 3.05) is 6.54 Å². The number of nitrogens with zero attached hydrogens (tertiary/aromatic N) is 1. The van der Waals surface area contributed by atoms with Crippen molar-refractivity contribution < 1.29 is 31.1 Å². The van der Waals surface area contributed by atoms with E-state index >= 15 is 0 Å². The Bertz CT molecular complexity index is 1030. The Kier molecular flexibility index (Phi) is 12.3. The molecule has 0 aromatic carbocycles. The molecule has 1 saturated heterocycles. The van der Waals surface area contributed by atoms with E-state index in [0.717, 1.165) is 30.2 Å². The van der Waals surface area contributed by atoms with Gasteiger partial charge in [0.25, 0.3) is 0 Å². The molecule has 4 unspecified atom stereocenters. The predicted octanol–water partition coefficient (Wildman–Crippen LogP) is 9.64. The smallest absolute Gasteiger partial charge is 0.453 e. The average Bonchev–Trinajstić information content (AvgIpc) is 3.51. The van der Waals surface area contributed by atoms with Crippen LogP contribution in [0.2, 0.25) is 0 Å². The quantitative estimate of drug-likeness (QED) is 0.199. The fraction of sp³-hybridized carbons (Fsp3) is 0.850. The zero-order valence-corrected chi connectivity index (χ0v) is 34.3. The molecule has 5 fully saturated rings. The van der Waals surface area contributed by atoms with E-state index in [1.807, 2.05) is 5.57 Å². The number of nitrogens with two attached hydrogens (primary N) is 1. The number of allylic oxidation sites excluding steroid dienone is 4. The molecule has 1 heterocycles. The first-order valence-electron chi connectivity index (χ1n) is 18.6. The molecule has 44 heavy (non-hydrogen) atoms. The van der Waals surface area contributed by atoms with Gasteiger partial charge in [-0.15, -0.1) is 6.08 Å². The fourth-order valence-electron chi connectivity index (χ4n) is 11.8. The summed E-state index contributed by atoms with van der Waals surface area (Å²) in [6.07, 6.45) is 24.0. The van der Waals surface area contributed by atoms with Gasteiger partial charge in [-0.05, 0) is 143 Å². The van der Waals surface area contributed by atoms with Crippen molar-refractivity contribution in [2.45, 2.75) is 169 Å². The van der Waals surface area contributed by atoms with E-state index in [1.54, 1.807) is 5.57 Å². The molecule has 0 aromatic heterocycles. The molecule has 3 nitrogen and oxygen atoms in total. The first kappa shape index (κ1) is 37.2. The molecule has 0 amide bonds. The van der Waals surface area contributed by atoms with E-state index in [-0.39, 0.29) is 37.2 Å². The van der Waals surface area contributed by atoms with Crippen molar-refractivity contribution in [3.05, 3.63) is 36.8 Å². The van der Waals surface area contributed by atoms with Crippen LogP contribution in [0.5, 0.6) is 0 Å². The molecule has 6 aliphatic rings. The average molecular weight is 830 g/mol. The van der Waals surface area contributed by atoms with Crippen molar-refractivity contribution >= 4 is 0 Å². The number of hydrogen-bond acceptors (Lipinski definition) is 3. The standard InChI is InChI=1S/C27H43.C13H26N3.U/c1-8-9-20(3)22-12-17-27(7)25(22,5)16-13-23-24(4)14-10-19(2)18-21(24)11-15-26(23,27)6;1-3-16(12-5-4-6-12)9-11-7-8-13(15-11)10(2)14;/h9,18-19,22-23H,1,8,10-17H2,2-7H3;3,10-13,15H,4-9,14H2,1-2H3;/q2*-1;+2/b20-9+;;/t19?,22-,23-,24+,25-,26-,27-;;/m1../s1. The topological polar surface area (TPSA) is 41.3 Å². The summed E-state index contributed by atoms with van der Waals surface area (Å²) in [5, 5.41) is 3.67. The van der Waals surface area contributed by atoms with E-state index in [0.29, 0.717) is 33.7 Å². The Hall–Kier alpha value is 0.412.